The molecule has 0 unspecified atom stereocenters. The number of thiazole rings is 1. The van der Waals surface area contributed by atoms with Crippen LogP contribution in [0.2, 0.25) is 0 Å². The van der Waals surface area contributed by atoms with Crippen LogP contribution in [0.1, 0.15) is 111 Å². The van der Waals surface area contributed by atoms with Crippen LogP contribution in [-0.4, -0.2) is 100 Å². The third kappa shape index (κ3) is 14.8. The van der Waals surface area contributed by atoms with Crippen molar-refractivity contribution in [2.24, 2.45) is 5.41 Å². The largest absolute Gasteiger partial charge is 0.494 e. The van der Waals surface area contributed by atoms with Gasteiger partial charge in [0.05, 0.1) is 59.0 Å². The van der Waals surface area contributed by atoms with E-state index in [4.69, 9.17) is 9.47 Å². The number of aliphatic hydroxyl groups is 1. The van der Waals surface area contributed by atoms with E-state index in [1.54, 1.807) is 35.6 Å². The highest BCUT2D eigenvalue weighted by molar-refractivity contribution is 7.13. The van der Waals surface area contributed by atoms with E-state index >= 15 is 0 Å². The van der Waals surface area contributed by atoms with Crippen LogP contribution in [0.4, 0.5) is 27.4 Å². The number of rotatable bonds is 23. The summed E-state index contributed by atoms with van der Waals surface area (Å²) in [5, 5.41) is 25.2. The van der Waals surface area contributed by atoms with Gasteiger partial charge in [-0.1, -0.05) is 83.2 Å². The Morgan fingerprint density at radius 2 is 1.59 bits per heavy atom. The van der Waals surface area contributed by atoms with Crippen LogP contribution >= 0.6 is 11.3 Å². The lowest BCUT2D eigenvalue weighted by Gasteiger charge is -2.35. The number of benzene rings is 2. The minimum absolute atomic E-state index is 0.00289. The maximum Gasteiger partial charge on any atom is 0.342 e. The van der Waals surface area contributed by atoms with Gasteiger partial charge >= 0.3 is 5.97 Å². The summed E-state index contributed by atoms with van der Waals surface area (Å²) in [7, 11) is 2.93. The molecule has 1 aliphatic heterocycles. The van der Waals surface area contributed by atoms with Gasteiger partial charge < -0.3 is 46.1 Å². The summed E-state index contributed by atoms with van der Waals surface area (Å²) in [6.45, 7) is 8.03. The molecule has 0 aliphatic carbocycles. The number of aromatic nitrogens is 3. The number of para-hydroxylation sites is 1. The number of hydrogen-bond acceptors (Lipinski definition) is 14. The van der Waals surface area contributed by atoms with Crippen LogP contribution < -0.4 is 31.3 Å². The predicted octanol–water partition coefficient (Wildman–Crippen LogP) is 7.99. The summed E-state index contributed by atoms with van der Waals surface area (Å²) in [6, 6.07) is 15.4. The number of pyridine rings is 2. The number of aliphatic hydroxyl groups excluding tert-OH is 1. The van der Waals surface area contributed by atoms with Crippen LogP contribution in [0.25, 0.3) is 10.4 Å². The molecule has 4 heterocycles. The van der Waals surface area contributed by atoms with Crippen LogP contribution in [0.15, 0.2) is 78.6 Å². The van der Waals surface area contributed by atoms with Crippen molar-refractivity contribution in [3.63, 3.8) is 0 Å². The van der Waals surface area contributed by atoms with Gasteiger partial charge in [0.1, 0.15) is 35.1 Å². The number of anilines is 4. The number of nitrogens with zero attached hydrogens (tertiary/aromatic N) is 4. The molecule has 1 saturated heterocycles. The molecule has 378 valence electrons. The first-order chi connectivity index (χ1) is 34.1. The summed E-state index contributed by atoms with van der Waals surface area (Å²) in [4.78, 5) is 81.8. The maximum absolute atomic E-state index is 14.0. The molecule has 6 N–H and O–H groups in total. The average Bonchev–Trinajstić information content (AvgIpc) is 3.98. The monoisotopic (exact) mass is 993 g/mol. The fourth-order valence-corrected chi connectivity index (χ4v) is 9.02. The first-order valence-electron chi connectivity index (χ1n) is 23.8. The number of ether oxygens (including phenoxy) is 2. The molecule has 6 rings (SSSR count). The fraction of sp³-hybridized carbons (Fsp3) is 0.423. The SMILES string of the molecule is CNC(=O)c1cnc(Nc2ccc(F)cn2)cc1Nc1cccc(C(=O)OCCCCCCCCCC(=O)N[C@H](C(=O)N2C[C@H](O)C[C@H]2C(=O)NCc2ccc(-c3scnc3C)cc2)C(C)(C)C)c1OC. The number of carbonyl (C=O) groups is 5. The molecular formula is C52H64FN9O8S. The van der Waals surface area contributed by atoms with E-state index in [0.29, 0.717) is 35.9 Å². The van der Waals surface area contributed by atoms with E-state index in [1.807, 2.05) is 57.5 Å². The molecular weight excluding hydrogens is 930 g/mol. The highest BCUT2D eigenvalue weighted by atomic mass is 32.1. The van der Waals surface area contributed by atoms with Gasteiger partial charge in [0.15, 0.2) is 5.75 Å². The standard InChI is InChI=1S/C52H64FN9O8S/c1-32-46(71-31-58-32)34-20-18-33(19-21-34)27-57-49(66)41-25-36(63)30-62(41)50(67)47(52(2,3)4)61-44(64)17-12-10-8-7-9-11-13-24-70-51(68)37-15-14-16-39(45(37)69-6)59-40-26-43(56-29-38(40)48(65)54-5)60-42-23-22-35(53)28-55-42/h14-16,18-23,26,28-29,31,36,41,47,63H,7-13,17,24-25,27,30H2,1-6H3,(H,54,65)(H,57,66)(H,61,64)(H2,55,56,59,60)/t36-,41+,47-/m1/s1. The van der Waals surface area contributed by atoms with Crippen molar-refractivity contribution < 1.29 is 42.9 Å². The zero-order valence-electron chi connectivity index (χ0n) is 41.1. The van der Waals surface area contributed by atoms with Gasteiger partial charge in [0, 0.05) is 45.2 Å². The van der Waals surface area contributed by atoms with Crippen molar-refractivity contribution in [1.82, 2.24) is 35.8 Å². The number of nitrogens with one attached hydrogen (secondary N) is 5. The first kappa shape index (κ1) is 53.4. The summed E-state index contributed by atoms with van der Waals surface area (Å²) < 4.78 is 24.7. The van der Waals surface area contributed by atoms with Gasteiger partial charge in [0.25, 0.3) is 5.91 Å². The molecule has 0 bridgehead atoms. The number of aryl methyl sites for hydroxylation is 1. The molecule has 1 fully saturated rings. The number of carbonyl (C=O) groups excluding carboxylic acids is 5. The second kappa shape index (κ2) is 25.2. The lowest BCUT2D eigenvalue weighted by atomic mass is 9.85. The lowest BCUT2D eigenvalue weighted by Crippen LogP contribution is -2.57. The van der Waals surface area contributed by atoms with Crippen molar-refractivity contribution in [2.45, 2.75) is 110 Å². The van der Waals surface area contributed by atoms with Crippen molar-refractivity contribution in [1.29, 1.82) is 0 Å². The minimum Gasteiger partial charge on any atom is -0.494 e. The van der Waals surface area contributed by atoms with Crippen molar-refractivity contribution in [2.75, 3.05) is 37.9 Å². The summed E-state index contributed by atoms with van der Waals surface area (Å²) in [5.74, 6) is -1.56. The van der Waals surface area contributed by atoms with Gasteiger partial charge in [0.2, 0.25) is 17.7 Å². The molecule has 19 heteroatoms. The molecule has 5 aromatic rings. The number of amides is 4. The molecule has 0 spiro atoms. The van der Waals surface area contributed by atoms with Crippen molar-refractivity contribution >= 4 is 63.9 Å². The van der Waals surface area contributed by atoms with Crippen molar-refractivity contribution in [3.05, 3.63) is 107 Å². The Morgan fingerprint density at radius 3 is 2.25 bits per heavy atom. The highest BCUT2D eigenvalue weighted by Crippen LogP contribution is 2.34. The Hall–Kier alpha value is -6.99. The van der Waals surface area contributed by atoms with Crippen LogP contribution in [0.3, 0.4) is 0 Å². The topological polar surface area (TPSA) is 226 Å². The Kier molecular flexibility index (Phi) is 19.0. The second-order valence-electron chi connectivity index (χ2n) is 18.5. The third-order valence-corrected chi connectivity index (χ3v) is 13.0. The van der Waals surface area contributed by atoms with E-state index in [2.05, 4.69) is 41.5 Å². The van der Waals surface area contributed by atoms with Gasteiger partial charge in [-0.3, -0.25) is 19.2 Å². The Balaban J connectivity index is 0.901. The molecule has 17 nitrogen and oxygen atoms in total. The Morgan fingerprint density at radius 1 is 0.873 bits per heavy atom. The predicted molar refractivity (Wildman–Crippen MR) is 270 cm³/mol. The normalized spacial score (nSPS) is 14.8. The zero-order chi connectivity index (χ0) is 51.1. The molecule has 3 aromatic heterocycles. The second-order valence-corrected chi connectivity index (χ2v) is 19.4. The van der Waals surface area contributed by atoms with Gasteiger partial charge in [-0.05, 0) is 60.6 Å². The molecule has 3 atom stereocenters. The van der Waals surface area contributed by atoms with Gasteiger partial charge in [-0.15, -0.1) is 11.3 Å². The average molecular weight is 994 g/mol. The summed E-state index contributed by atoms with van der Waals surface area (Å²) in [6.07, 6.45) is 7.64. The van der Waals surface area contributed by atoms with Crippen LogP contribution in [0.5, 0.6) is 5.75 Å². The van der Waals surface area contributed by atoms with Crippen molar-refractivity contribution in [3.8, 4) is 16.2 Å². The smallest absolute Gasteiger partial charge is 0.342 e. The highest BCUT2D eigenvalue weighted by Gasteiger charge is 2.44. The molecule has 2 aromatic carbocycles. The Bertz CT molecular complexity index is 2620. The minimum atomic E-state index is -0.893. The fourth-order valence-electron chi connectivity index (χ4n) is 8.21. The number of unbranched alkanes of at least 4 members (excludes halogenated alkanes) is 6. The van der Waals surface area contributed by atoms with E-state index < -0.39 is 47.2 Å². The third-order valence-electron chi connectivity index (χ3n) is 12.1. The number of likely N-dealkylation sites (tertiary alicyclic amines) is 1. The number of esters is 1. The zero-order valence-corrected chi connectivity index (χ0v) is 41.9. The van der Waals surface area contributed by atoms with Gasteiger partial charge in [-0.2, -0.15) is 0 Å². The van der Waals surface area contributed by atoms with E-state index in [-0.39, 0.29) is 61.2 Å². The number of methoxy groups -OCH3 is 1. The van der Waals surface area contributed by atoms with Gasteiger partial charge in [-0.25, -0.2) is 24.1 Å². The quantitative estimate of drug-likeness (QED) is 0.0270. The lowest BCUT2D eigenvalue weighted by molar-refractivity contribution is -0.144. The maximum atomic E-state index is 14.0. The summed E-state index contributed by atoms with van der Waals surface area (Å²) in [5.41, 5.74) is 5.24. The molecule has 71 heavy (non-hydrogen) atoms. The number of β-amino-alcohol motifs (C(OH)–C–C–N with tert-alkyl or cyclic N) is 1. The van der Waals surface area contributed by atoms with E-state index in [0.717, 1.165) is 60.0 Å². The number of hydrogen-bond donors (Lipinski definition) is 6. The van der Waals surface area contributed by atoms with E-state index in [1.165, 1.54) is 37.4 Å². The molecule has 1 aliphatic rings. The molecule has 4 amide bonds. The summed E-state index contributed by atoms with van der Waals surface area (Å²) >= 11 is 1.57. The molecule has 0 saturated carbocycles. The number of halogens is 1. The molecule has 0 radical (unpaired) electrons. The van der Waals surface area contributed by atoms with Crippen LogP contribution in [-0.2, 0) is 25.7 Å². The van der Waals surface area contributed by atoms with Crippen LogP contribution in [0, 0.1) is 18.2 Å². The van der Waals surface area contributed by atoms with E-state index in [9.17, 15) is 33.5 Å². The first-order valence-corrected chi connectivity index (χ1v) is 24.7. The Labute approximate surface area is 417 Å².